The second-order valence-corrected chi connectivity index (χ2v) is 14.0. The van der Waals surface area contributed by atoms with Gasteiger partial charge in [0, 0.05) is 0 Å². The maximum absolute atomic E-state index is 13.6. The molecule has 0 spiro atoms. The summed E-state index contributed by atoms with van der Waals surface area (Å²) in [4.78, 5) is 71.8. The van der Waals surface area contributed by atoms with Crippen LogP contribution in [0.2, 0.25) is 0 Å². The fourth-order valence-corrected chi connectivity index (χ4v) is 5.39. The highest BCUT2D eigenvalue weighted by Gasteiger charge is 2.61. The summed E-state index contributed by atoms with van der Waals surface area (Å²) < 4.78 is 286. The van der Waals surface area contributed by atoms with Gasteiger partial charge in [0.25, 0.3) is 0 Å². The molecule has 0 saturated carbocycles. The lowest BCUT2D eigenvalue weighted by Crippen LogP contribution is -2.65. The van der Waals surface area contributed by atoms with Gasteiger partial charge in [-0.15, -0.1) is 0 Å². The Hall–Kier alpha value is -5.12. The molecule has 0 aromatic heterocycles. The number of halogens is 18. The minimum absolute atomic E-state index is 0.180. The second-order valence-electron chi connectivity index (χ2n) is 14.0. The minimum Gasteiger partial charge on any atom is -0.449 e. The van der Waals surface area contributed by atoms with Crippen molar-refractivity contribution in [1.82, 2.24) is 0 Å². The van der Waals surface area contributed by atoms with Crippen molar-refractivity contribution in [1.29, 1.82) is 0 Å². The number of rotatable bonds is 15. The third-order valence-electron chi connectivity index (χ3n) is 8.37. The summed E-state index contributed by atoms with van der Waals surface area (Å²) in [6, 6.07) is 0. The molecule has 2 rings (SSSR count). The van der Waals surface area contributed by atoms with E-state index < -0.39 is 147 Å². The maximum Gasteiger partial charge on any atom is 0.490 e. The molecule has 0 bridgehead atoms. The molecule has 2 saturated heterocycles. The zero-order valence-corrected chi connectivity index (χ0v) is 34.1. The minimum atomic E-state index is -6.26. The van der Waals surface area contributed by atoms with E-state index >= 15 is 0 Å². The van der Waals surface area contributed by atoms with Crippen molar-refractivity contribution in [2.75, 3.05) is 13.2 Å². The van der Waals surface area contributed by atoms with Crippen LogP contribution < -0.4 is 0 Å². The first-order chi connectivity index (χ1) is 30.7. The number of hydrogen-bond donors (Lipinski definition) is 0. The number of carbonyl (C=O) groups is 6. The molecule has 2 fully saturated rings. The van der Waals surface area contributed by atoms with Gasteiger partial charge in [0.2, 0.25) is 0 Å². The summed E-state index contributed by atoms with van der Waals surface area (Å²) in [6.07, 6.45) is -66.6. The Labute approximate surface area is 366 Å². The normalized spacial score (nSPS) is 26.5. The fraction of sp³-hybridized carbons (Fsp3) is 0.706. The molecule has 10 atom stereocenters. The third kappa shape index (κ3) is 17.4. The number of ether oxygens (including phenoxy) is 10. The van der Waals surface area contributed by atoms with Crippen molar-refractivity contribution in [3.63, 3.8) is 0 Å². The van der Waals surface area contributed by atoms with Gasteiger partial charge in [-0.25, -0.2) is 28.8 Å². The van der Waals surface area contributed by atoms with Crippen LogP contribution in [-0.4, -0.2) is 147 Å². The first-order valence-electron chi connectivity index (χ1n) is 18.2. The molecule has 16 nitrogen and oxygen atoms in total. The largest absolute Gasteiger partial charge is 0.490 e. The molecule has 0 N–H and O–H groups in total. The van der Waals surface area contributed by atoms with E-state index in [0.717, 1.165) is 11.6 Å². The summed E-state index contributed by atoms with van der Waals surface area (Å²) in [5.74, 6) is -20.9. The molecule has 0 aromatic rings. The molecule has 0 aromatic carbocycles. The van der Waals surface area contributed by atoms with E-state index in [1.165, 1.54) is 6.92 Å². The SMILES string of the molecule is CC(C)=CCC/C(C)=C/CO[C@@H]1OC(CO[C@@H]2O[C@@H](C)[C@H](OC(=O)C(F)(F)F)[C@@H](OC(=O)C(F)(F)F)[C@H]2OC(=O)C(F)(F)F)[C@@H](OC(=O)C(F)(F)F)[C@H](OC(=O)C(F)(F)F)[C@@H]1OC(=O)C(F)(F)F. The van der Waals surface area contributed by atoms with Gasteiger partial charge in [-0.05, 0) is 40.5 Å². The van der Waals surface area contributed by atoms with Crippen LogP contribution in [0.1, 0.15) is 40.5 Å². The summed E-state index contributed by atoms with van der Waals surface area (Å²) in [5, 5.41) is 0. The number of alkyl halides is 18. The highest BCUT2D eigenvalue weighted by molar-refractivity contribution is 5.79. The summed E-state index contributed by atoms with van der Waals surface area (Å²) in [6.45, 7) is 2.12. The van der Waals surface area contributed by atoms with Crippen molar-refractivity contribution in [3.05, 3.63) is 23.3 Å². The number of carbonyl (C=O) groups excluding carboxylic acids is 6. The van der Waals surface area contributed by atoms with Gasteiger partial charge < -0.3 is 47.4 Å². The van der Waals surface area contributed by atoms with Gasteiger partial charge in [-0.3, -0.25) is 0 Å². The molecule has 0 amide bonds. The standard InChI is InChI=1S/C34H32F18O16/c1-11(2)6-5-7-12(3)8-9-59-21-20(68-28(58)34(50,51)52)18(66-26(56)32(44,45)46)16(64-24(54)30(38,39)40)14(62-21)10-60-22-19(67-27(57)33(47,48)49)17(65-25(55)31(41,42)43)15(13(4)61-22)63-23(53)29(35,36)37/h6,8,13-22H,5,7,9-10H2,1-4H3/b12-8+/t13-,14?,15-,16+,17+,18-,19+,20-,21+,22+/m0/s1. The van der Waals surface area contributed by atoms with Crippen LogP contribution in [0.25, 0.3) is 0 Å². The first-order valence-corrected chi connectivity index (χ1v) is 18.2. The predicted octanol–water partition coefficient (Wildman–Crippen LogP) is 6.03. The quantitative estimate of drug-likeness (QED) is 0.0798. The summed E-state index contributed by atoms with van der Waals surface area (Å²) in [7, 11) is 0. The topological polar surface area (TPSA) is 195 Å². The molecule has 2 heterocycles. The van der Waals surface area contributed by atoms with E-state index in [4.69, 9.17) is 18.9 Å². The van der Waals surface area contributed by atoms with Crippen LogP contribution in [0.15, 0.2) is 23.3 Å². The molecule has 2 aliphatic rings. The molecule has 390 valence electrons. The Morgan fingerprint density at radius 2 is 0.765 bits per heavy atom. The van der Waals surface area contributed by atoms with Crippen molar-refractivity contribution < 1.29 is 155 Å². The molecular formula is C34H32F18O16. The van der Waals surface area contributed by atoms with Crippen LogP contribution >= 0.6 is 0 Å². The summed E-state index contributed by atoms with van der Waals surface area (Å²) >= 11 is 0. The monoisotopic (exact) mass is 1040 g/mol. The molecule has 1 unspecified atom stereocenters. The highest BCUT2D eigenvalue weighted by Crippen LogP contribution is 2.37. The molecular weight excluding hydrogens is 1010 g/mol. The zero-order chi connectivity index (χ0) is 52.7. The van der Waals surface area contributed by atoms with Gasteiger partial charge in [0.05, 0.1) is 19.3 Å². The number of allylic oxidation sites excluding steroid dienone is 3. The molecule has 0 radical (unpaired) electrons. The average molecular weight is 1040 g/mol. The number of esters is 6. The summed E-state index contributed by atoms with van der Waals surface area (Å²) in [5.41, 5.74) is 1.16. The van der Waals surface area contributed by atoms with Gasteiger partial charge in [-0.1, -0.05) is 23.3 Å². The lowest BCUT2D eigenvalue weighted by Gasteiger charge is -2.46. The van der Waals surface area contributed by atoms with Crippen LogP contribution in [0.5, 0.6) is 0 Å². The Morgan fingerprint density at radius 3 is 1.13 bits per heavy atom. The third-order valence-corrected chi connectivity index (χ3v) is 8.37. The highest BCUT2D eigenvalue weighted by atomic mass is 19.4. The van der Waals surface area contributed by atoms with E-state index in [2.05, 4.69) is 28.4 Å². The van der Waals surface area contributed by atoms with Crippen LogP contribution in [-0.2, 0) is 76.1 Å². The Balaban J connectivity index is 2.90. The fourth-order valence-electron chi connectivity index (χ4n) is 5.39. The van der Waals surface area contributed by atoms with Crippen molar-refractivity contribution >= 4 is 35.8 Å². The van der Waals surface area contributed by atoms with Gasteiger partial charge >= 0.3 is 72.9 Å². The van der Waals surface area contributed by atoms with Crippen LogP contribution in [0.4, 0.5) is 79.0 Å². The van der Waals surface area contributed by atoms with E-state index in [1.807, 2.05) is 0 Å². The second kappa shape index (κ2) is 22.5. The molecule has 68 heavy (non-hydrogen) atoms. The Morgan fingerprint density at radius 1 is 0.441 bits per heavy atom. The smallest absolute Gasteiger partial charge is 0.449 e. The first kappa shape index (κ1) is 59.0. The predicted molar refractivity (Wildman–Crippen MR) is 173 cm³/mol. The van der Waals surface area contributed by atoms with Crippen molar-refractivity contribution in [2.24, 2.45) is 0 Å². The van der Waals surface area contributed by atoms with Crippen molar-refractivity contribution in [2.45, 2.75) is 139 Å². The zero-order valence-electron chi connectivity index (χ0n) is 34.1. The van der Waals surface area contributed by atoms with Crippen LogP contribution in [0.3, 0.4) is 0 Å². The Kier molecular flexibility index (Phi) is 19.6. The molecule has 0 aliphatic carbocycles. The van der Waals surface area contributed by atoms with E-state index in [-0.39, 0.29) is 6.42 Å². The molecule has 34 heteroatoms. The lowest BCUT2D eigenvalue weighted by atomic mass is 9.97. The van der Waals surface area contributed by atoms with E-state index in [9.17, 15) is 108 Å². The van der Waals surface area contributed by atoms with Gasteiger partial charge in [0.15, 0.2) is 49.2 Å². The van der Waals surface area contributed by atoms with E-state index in [1.54, 1.807) is 19.9 Å². The lowest BCUT2D eigenvalue weighted by molar-refractivity contribution is -0.340. The Bertz CT molecular complexity index is 1860. The maximum atomic E-state index is 13.6. The molecule has 2 aliphatic heterocycles. The van der Waals surface area contributed by atoms with E-state index in [0.29, 0.717) is 18.9 Å². The van der Waals surface area contributed by atoms with Gasteiger partial charge in [-0.2, -0.15) is 79.0 Å². The number of hydrogen-bond acceptors (Lipinski definition) is 16. The van der Waals surface area contributed by atoms with Crippen molar-refractivity contribution in [3.8, 4) is 0 Å². The van der Waals surface area contributed by atoms with Gasteiger partial charge in [0.1, 0.15) is 6.10 Å². The average Bonchev–Trinajstić information content (AvgIpc) is 3.15. The van der Waals surface area contributed by atoms with Crippen LogP contribution in [0, 0.1) is 0 Å².